The molecule has 6 nitrogen and oxygen atoms in total. The molecular weight excluding hydrogens is 388 g/mol. The summed E-state index contributed by atoms with van der Waals surface area (Å²) in [6, 6.07) is 17.0. The van der Waals surface area contributed by atoms with Crippen LogP contribution in [0.2, 0.25) is 5.02 Å². The van der Waals surface area contributed by atoms with Gasteiger partial charge in [0, 0.05) is 35.8 Å². The highest BCUT2D eigenvalue weighted by atomic mass is 35.5. The van der Waals surface area contributed by atoms with E-state index in [-0.39, 0.29) is 11.9 Å². The Morgan fingerprint density at radius 1 is 1.24 bits per heavy atom. The van der Waals surface area contributed by atoms with Crippen LogP contribution in [0.25, 0.3) is 11.3 Å². The number of halogens is 1. The number of carbonyl (C=O) groups excluding carboxylic acids is 1. The predicted molar refractivity (Wildman–Crippen MR) is 115 cm³/mol. The lowest BCUT2D eigenvalue weighted by atomic mass is 10.1. The van der Waals surface area contributed by atoms with Crippen LogP contribution in [0.15, 0.2) is 54.6 Å². The molecule has 1 aromatic heterocycles. The van der Waals surface area contributed by atoms with Gasteiger partial charge in [-0.1, -0.05) is 23.7 Å². The van der Waals surface area contributed by atoms with E-state index < -0.39 is 0 Å². The largest absolute Gasteiger partial charge is 0.494 e. The number of benzene rings is 2. The van der Waals surface area contributed by atoms with Crippen LogP contribution in [0.3, 0.4) is 0 Å². The van der Waals surface area contributed by atoms with Crippen LogP contribution in [0.1, 0.15) is 23.7 Å². The monoisotopic (exact) mass is 410 g/mol. The van der Waals surface area contributed by atoms with Crippen molar-refractivity contribution in [1.82, 2.24) is 15.5 Å². The summed E-state index contributed by atoms with van der Waals surface area (Å²) in [5.41, 5.74) is 2.61. The Kier molecular flexibility index (Phi) is 5.71. The van der Waals surface area contributed by atoms with Gasteiger partial charge < -0.3 is 15.0 Å². The number of H-pyrrole nitrogens is 1. The van der Waals surface area contributed by atoms with Gasteiger partial charge in [0.1, 0.15) is 5.75 Å². The summed E-state index contributed by atoms with van der Waals surface area (Å²) in [6.07, 6.45) is 0.881. The molecule has 2 N–H and O–H groups in total. The summed E-state index contributed by atoms with van der Waals surface area (Å²) in [5.74, 6) is 1.59. The van der Waals surface area contributed by atoms with Crippen molar-refractivity contribution in [2.75, 3.05) is 24.6 Å². The fourth-order valence-electron chi connectivity index (χ4n) is 3.47. The van der Waals surface area contributed by atoms with Crippen LogP contribution in [-0.4, -0.2) is 41.8 Å². The van der Waals surface area contributed by atoms with Crippen molar-refractivity contribution in [2.45, 2.75) is 19.4 Å². The molecule has 4 rings (SSSR count). The van der Waals surface area contributed by atoms with Gasteiger partial charge in [-0.25, -0.2) is 0 Å². The standard InChI is InChI=1S/C22H23ClN4O2/c1-2-29-19-9-5-16(6-10-19)22(28)24-18-11-12-27(14-18)21-13-20(25-26-21)15-3-7-17(23)8-4-15/h3-10,13,18H,2,11-12,14H2,1H3,(H,24,28)(H,25,26)/t18-/m0/s1. The van der Waals surface area contributed by atoms with E-state index in [0.29, 0.717) is 17.2 Å². The molecule has 1 saturated heterocycles. The molecule has 0 unspecified atom stereocenters. The molecule has 0 spiro atoms. The molecule has 1 fully saturated rings. The van der Waals surface area contributed by atoms with E-state index in [1.54, 1.807) is 12.1 Å². The first-order chi connectivity index (χ1) is 14.1. The molecule has 0 radical (unpaired) electrons. The molecule has 1 amide bonds. The van der Waals surface area contributed by atoms with Crippen LogP contribution < -0.4 is 15.0 Å². The molecule has 1 aliphatic heterocycles. The van der Waals surface area contributed by atoms with Gasteiger partial charge in [-0.2, -0.15) is 5.10 Å². The topological polar surface area (TPSA) is 70.2 Å². The molecular formula is C22H23ClN4O2. The molecule has 0 saturated carbocycles. The van der Waals surface area contributed by atoms with Gasteiger partial charge in [-0.15, -0.1) is 0 Å². The van der Waals surface area contributed by atoms with Crippen LogP contribution in [0.4, 0.5) is 5.82 Å². The third-order valence-electron chi connectivity index (χ3n) is 4.99. The van der Waals surface area contributed by atoms with E-state index in [4.69, 9.17) is 16.3 Å². The number of rotatable bonds is 6. The second-order valence-corrected chi connectivity index (χ2v) is 7.45. The Bertz CT molecular complexity index is 969. The number of hydrogen-bond acceptors (Lipinski definition) is 4. The third kappa shape index (κ3) is 4.54. The minimum Gasteiger partial charge on any atom is -0.494 e. The maximum absolute atomic E-state index is 12.5. The van der Waals surface area contributed by atoms with Crippen molar-refractivity contribution in [3.8, 4) is 17.0 Å². The van der Waals surface area contributed by atoms with Crippen molar-refractivity contribution in [3.05, 3.63) is 65.2 Å². The first kappa shape index (κ1) is 19.3. The zero-order valence-electron chi connectivity index (χ0n) is 16.2. The lowest BCUT2D eigenvalue weighted by molar-refractivity contribution is 0.0940. The van der Waals surface area contributed by atoms with Crippen LogP contribution in [0.5, 0.6) is 5.75 Å². The summed E-state index contributed by atoms with van der Waals surface area (Å²) >= 11 is 5.96. The van der Waals surface area contributed by atoms with Gasteiger partial charge in [-0.3, -0.25) is 9.89 Å². The number of anilines is 1. The first-order valence-electron chi connectivity index (χ1n) is 9.72. The van der Waals surface area contributed by atoms with Gasteiger partial charge in [0.05, 0.1) is 12.3 Å². The van der Waals surface area contributed by atoms with Gasteiger partial charge in [-0.05, 0) is 55.3 Å². The van der Waals surface area contributed by atoms with Crippen molar-refractivity contribution >= 4 is 23.3 Å². The maximum Gasteiger partial charge on any atom is 0.251 e. The summed E-state index contributed by atoms with van der Waals surface area (Å²) < 4.78 is 5.42. The minimum absolute atomic E-state index is 0.0659. The van der Waals surface area contributed by atoms with Gasteiger partial charge in [0.15, 0.2) is 5.82 Å². The third-order valence-corrected chi connectivity index (χ3v) is 5.25. The fraction of sp³-hybridized carbons (Fsp3) is 0.273. The average molecular weight is 411 g/mol. The van der Waals surface area contributed by atoms with E-state index in [1.807, 2.05) is 49.4 Å². The molecule has 3 aromatic rings. The van der Waals surface area contributed by atoms with Gasteiger partial charge in [0.25, 0.3) is 5.91 Å². The molecule has 0 bridgehead atoms. The maximum atomic E-state index is 12.5. The van der Waals surface area contributed by atoms with E-state index in [9.17, 15) is 4.79 Å². The predicted octanol–water partition coefficient (Wildman–Crippen LogP) is 4.14. The Labute approximate surface area is 174 Å². The molecule has 1 aliphatic rings. The number of aromatic amines is 1. The van der Waals surface area contributed by atoms with Crippen LogP contribution in [-0.2, 0) is 0 Å². The number of hydrogen-bond donors (Lipinski definition) is 2. The molecule has 2 heterocycles. The van der Waals surface area contributed by atoms with Gasteiger partial charge >= 0.3 is 0 Å². The van der Waals surface area contributed by atoms with Gasteiger partial charge in [0.2, 0.25) is 0 Å². The minimum atomic E-state index is -0.0659. The Morgan fingerprint density at radius 2 is 2.00 bits per heavy atom. The molecule has 2 aromatic carbocycles. The number of amides is 1. The molecule has 1 atom stereocenters. The van der Waals surface area contributed by atoms with E-state index in [1.165, 1.54) is 0 Å². The number of nitrogens with one attached hydrogen (secondary N) is 2. The Morgan fingerprint density at radius 3 is 2.72 bits per heavy atom. The zero-order chi connectivity index (χ0) is 20.2. The van der Waals surface area contributed by atoms with E-state index >= 15 is 0 Å². The molecule has 150 valence electrons. The molecule has 29 heavy (non-hydrogen) atoms. The second-order valence-electron chi connectivity index (χ2n) is 7.01. The first-order valence-corrected chi connectivity index (χ1v) is 10.1. The van der Waals surface area contributed by atoms with Crippen molar-refractivity contribution in [1.29, 1.82) is 0 Å². The quantitative estimate of drug-likeness (QED) is 0.640. The van der Waals surface area contributed by atoms with Crippen LogP contribution in [0, 0.1) is 0 Å². The van der Waals surface area contributed by atoms with Crippen molar-refractivity contribution in [3.63, 3.8) is 0 Å². The summed E-state index contributed by atoms with van der Waals surface area (Å²) in [7, 11) is 0. The Hall–Kier alpha value is -2.99. The SMILES string of the molecule is CCOc1ccc(C(=O)N[C@H]2CCN(c3cc(-c4ccc(Cl)cc4)[nH]n3)C2)cc1. The molecule has 0 aliphatic carbocycles. The number of carbonyl (C=O) groups is 1. The highest BCUT2D eigenvalue weighted by Gasteiger charge is 2.26. The van der Waals surface area contributed by atoms with Crippen LogP contribution >= 0.6 is 11.6 Å². The Balaban J connectivity index is 1.35. The lowest BCUT2D eigenvalue weighted by Gasteiger charge is -2.16. The number of nitrogens with zero attached hydrogens (tertiary/aromatic N) is 2. The normalized spacial score (nSPS) is 16.1. The smallest absolute Gasteiger partial charge is 0.251 e. The number of aromatic nitrogens is 2. The summed E-state index contributed by atoms with van der Waals surface area (Å²) in [5, 5.41) is 11.3. The summed E-state index contributed by atoms with van der Waals surface area (Å²) in [6.45, 7) is 4.12. The number of ether oxygens (including phenoxy) is 1. The summed E-state index contributed by atoms with van der Waals surface area (Å²) in [4.78, 5) is 14.7. The molecule has 7 heteroatoms. The average Bonchev–Trinajstić information content (AvgIpc) is 3.39. The lowest BCUT2D eigenvalue weighted by Crippen LogP contribution is -2.37. The highest BCUT2D eigenvalue weighted by molar-refractivity contribution is 6.30. The van der Waals surface area contributed by atoms with E-state index in [2.05, 4.69) is 20.4 Å². The zero-order valence-corrected chi connectivity index (χ0v) is 16.9. The van der Waals surface area contributed by atoms with Crippen molar-refractivity contribution in [2.24, 2.45) is 0 Å². The van der Waals surface area contributed by atoms with Crippen molar-refractivity contribution < 1.29 is 9.53 Å². The second kappa shape index (κ2) is 8.57. The fourth-order valence-corrected chi connectivity index (χ4v) is 3.60. The van der Waals surface area contributed by atoms with E-state index in [0.717, 1.165) is 42.3 Å². The highest BCUT2D eigenvalue weighted by Crippen LogP contribution is 2.25.